The number of allylic oxidation sites excluding steroid dienone is 1. The zero-order valence-electron chi connectivity index (χ0n) is 11.4. The Hall–Kier alpha value is -1.68. The van der Waals surface area contributed by atoms with Crippen LogP contribution in [0.25, 0.3) is 6.08 Å². The lowest BCUT2D eigenvalue weighted by atomic mass is 10.2. The second-order valence-corrected chi connectivity index (χ2v) is 6.68. The number of nitrogens with zero attached hydrogens (tertiary/aromatic N) is 3. The van der Waals surface area contributed by atoms with Crippen LogP contribution in [-0.2, 0) is 10.0 Å². The van der Waals surface area contributed by atoms with Crippen molar-refractivity contribution >= 4 is 16.1 Å². The molecule has 1 saturated heterocycles. The van der Waals surface area contributed by atoms with Crippen molar-refractivity contribution in [2.75, 3.05) is 33.2 Å². The lowest BCUT2D eigenvalue weighted by Gasteiger charge is -2.31. The SMILES string of the molecule is CN1CCN(S(=O)(=O)c2ccc(C=CC#N)cc2)CC1. The van der Waals surface area contributed by atoms with Crippen molar-refractivity contribution in [2.45, 2.75) is 4.90 Å². The average molecular weight is 291 g/mol. The van der Waals surface area contributed by atoms with Gasteiger partial charge >= 0.3 is 0 Å². The first kappa shape index (κ1) is 14.7. The summed E-state index contributed by atoms with van der Waals surface area (Å²) in [7, 11) is -1.42. The minimum absolute atomic E-state index is 0.302. The maximum absolute atomic E-state index is 12.5. The molecule has 1 heterocycles. The van der Waals surface area contributed by atoms with Crippen LogP contribution >= 0.6 is 0 Å². The molecule has 5 nitrogen and oxygen atoms in total. The molecule has 1 aliphatic rings. The molecule has 0 N–H and O–H groups in total. The van der Waals surface area contributed by atoms with E-state index in [0.717, 1.165) is 18.7 Å². The van der Waals surface area contributed by atoms with Crippen LogP contribution in [0.3, 0.4) is 0 Å². The van der Waals surface area contributed by atoms with E-state index in [1.165, 1.54) is 10.4 Å². The maximum atomic E-state index is 12.5. The summed E-state index contributed by atoms with van der Waals surface area (Å²) in [5.74, 6) is 0. The summed E-state index contributed by atoms with van der Waals surface area (Å²) in [6, 6.07) is 8.49. The smallest absolute Gasteiger partial charge is 0.243 e. The van der Waals surface area contributed by atoms with E-state index in [0.29, 0.717) is 18.0 Å². The molecule has 0 amide bonds. The summed E-state index contributed by atoms with van der Waals surface area (Å²) >= 11 is 0. The van der Waals surface area contributed by atoms with E-state index >= 15 is 0 Å². The van der Waals surface area contributed by atoms with Gasteiger partial charge in [0.05, 0.1) is 11.0 Å². The summed E-state index contributed by atoms with van der Waals surface area (Å²) < 4.78 is 26.4. The Morgan fingerprint density at radius 2 is 1.75 bits per heavy atom. The molecule has 0 radical (unpaired) electrons. The highest BCUT2D eigenvalue weighted by molar-refractivity contribution is 7.89. The minimum Gasteiger partial charge on any atom is -0.304 e. The molecule has 1 fully saturated rings. The van der Waals surface area contributed by atoms with Crippen LogP contribution < -0.4 is 0 Å². The number of rotatable bonds is 3. The maximum Gasteiger partial charge on any atom is 0.243 e. The molecule has 106 valence electrons. The second kappa shape index (κ2) is 6.18. The summed E-state index contributed by atoms with van der Waals surface area (Å²) in [4.78, 5) is 2.41. The highest BCUT2D eigenvalue weighted by atomic mass is 32.2. The largest absolute Gasteiger partial charge is 0.304 e. The zero-order valence-corrected chi connectivity index (χ0v) is 12.2. The van der Waals surface area contributed by atoms with Gasteiger partial charge in [-0.25, -0.2) is 8.42 Å². The fraction of sp³-hybridized carbons (Fsp3) is 0.357. The first-order valence-electron chi connectivity index (χ1n) is 6.39. The highest BCUT2D eigenvalue weighted by Crippen LogP contribution is 2.18. The third-order valence-electron chi connectivity index (χ3n) is 3.33. The van der Waals surface area contributed by atoms with Gasteiger partial charge in [0.25, 0.3) is 0 Å². The molecule has 1 aliphatic heterocycles. The quantitative estimate of drug-likeness (QED) is 0.784. The molecule has 2 rings (SSSR count). The molecule has 6 heteroatoms. The van der Waals surface area contributed by atoms with E-state index in [2.05, 4.69) is 4.90 Å². The minimum atomic E-state index is -3.41. The van der Waals surface area contributed by atoms with Crippen molar-refractivity contribution in [3.63, 3.8) is 0 Å². The van der Waals surface area contributed by atoms with Crippen LogP contribution in [0.4, 0.5) is 0 Å². The fourth-order valence-corrected chi connectivity index (χ4v) is 3.48. The topological polar surface area (TPSA) is 64.4 Å². The van der Waals surface area contributed by atoms with Gasteiger partial charge in [0.1, 0.15) is 0 Å². The molecule has 20 heavy (non-hydrogen) atoms. The average Bonchev–Trinajstić information content (AvgIpc) is 2.46. The third-order valence-corrected chi connectivity index (χ3v) is 5.24. The predicted molar refractivity (Wildman–Crippen MR) is 77.3 cm³/mol. The van der Waals surface area contributed by atoms with Crippen molar-refractivity contribution in [3.05, 3.63) is 35.9 Å². The number of hydrogen-bond donors (Lipinski definition) is 0. The third kappa shape index (κ3) is 3.25. The first-order chi connectivity index (χ1) is 9.54. The van der Waals surface area contributed by atoms with E-state index in [1.54, 1.807) is 30.3 Å². The van der Waals surface area contributed by atoms with Gasteiger partial charge in [0.15, 0.2) is 0 Å². The van der Waals surface area contributed by atoms with Crippen LogP contribution in [0.1, 0.15) is 5.56 Å². The molecule has 0 spiro atoms. The number of hydrogen-bond acceptors (Lipinski definition) is 4. The van der Waals surface area contributed by atoms with E-state index < -0.39 is 10.0 Å². The monoisotopic (exact) mass is 291 g/mol. The Labute approximate surface area is 119 Å². The standard InChI is InChI=1S/C14H17N3O2S/c1-16-9-11-17(12-10-16)20(18,19)14-6-4-13(5-7-14)3-2-8-15/h2-7H,9-12H2,1H3. The molecule has 0 unspecified atom stereocenters. The molecule has 0 aromatic heterocycles. The van der Waals surface area contributed by atoms with Gasteiger partial charge in [-0.3, -0.25) is 0 Å². The molecule has 0 atom stereocenters. The molecule has 0 saturated carbocycles. The van der Waals surface area contributed by atoms with Crippen molar-refractivity contribution in [1.29, 1.82) is 5.26 Å². The molecule has 0 aliphatic carbocycles. The highest BCUT2D eigenvalue weighted by Gasteiger charge is 2.27. The predicted octanol–water partition coefficient (Wildman–Crippen LogP) is 1.16. The van der Waals surface area contributed by atoms with Crippen molar-refractivity contribution < 1.29 is 8.42 Å². The van der Waals surface area contributed by atoms with Crippen LogP contribution in [-0.4, -0.2) is 50.8 Å². The summed E-state index contributed by atoms with van der Waals surface area (Å²) in [5.41, 5.74) is 0.809. The van der Waals surface area contributed by atoms with Gasteiger partial charge in [-0.05, 0) is 30.8 Å². The van der Waals surface area contributed by atoms with E-state index in [9.17, 15) is 8.42 Å². The Morgan fingerprint density at radius 3 is 2.30 bits per heavy atom. The van der Waals surface area contributed by atoms with Gasteiger partial charge in [-0.1, -0.05) is 12.1 Å². The first-order valence-corrected chi connectivity index (χ1v) is 7.83. The normalized spacial score (nSPS) is 18.2. The van der Waals surface area contributed by atoms with E-state index in [4.69, 9.17) is 5.26 Å². The van der Waals surface area contributed by atoms with Gasteiger partial charge in [0, 0.05) is 32.3 Å². The fourth-order valence-electron chi connectivity index (χ4n) is 2.06. The molecule has 0 bridgehead atoms. The summed E-state index contributed by atoms with van der Waals surface area (Å²) in [5, 5.41) is 8.46. The van der Waals surface area contributed by atoms with Crippen LogP contribution in [0.2, 0.25) is 0 Å². The molecule has 1 aromatic rings. The van der Waals surface area contributed by atoms with Crippen molar-refractivity contribution in [3.8, 4) is 6.07 Å². The Morgan fingerprint density at radius 1 is 1.15 bits per heavy atom. The summed E-state index contributed by atoms with van der Waals surface area (Å²) in [6.45, 7) is 2.55. The number of piperazine rings is 1. The lowest BCUT2D eigenvalue weighted by Crippen LogP contribution is -2.46. The van der Waals surface area contributed by atoms with Gasteiger partial charge in [-0.2, -0.15) is 9.57 Å². The van der Waals surface area contributed by atoms with E-state index in [-0.39, 0.29) is 0 Å². The van der Waals surface area contributed by atoms with Gasteiger partial charge in [-0.15, -0.1) is 0 Å². The van der Waals surface area contributed by atoms with Crippen LogP contribution in [0.15, 0.2) is 35.2 Å². The molecular formula is C14H17N3O2S. The van der Waals surface area contributed by atoms with Gasteiger partial charge in [0.2, 0.25) is 10.0 Å². The van der Waals surface area contributed by atoms with Crippen molar-refractivity contribution in [2.24, 2.45) is 0 Å². The Balaban J connectivity index is 2.18. The lowest BCUT2D eigenvalue weighted by molar-refractivity contribution is 0.222. The summed E-state index contributed by atoms with van der Waals surface area (Å²) in [6.07, 6.45) is 3.01. The van der Waals surface area contributed by atoms with Gasteiger partial charge < -0.3 is 4.90 Å². The number of benzene rings is 1. The van der Waals surface area contributed by atoms with Crippen molar-refractivity contribution in [1.82, 2.24) is 9.21 Å². The second-order valence-electron chi connectivity index (χ2n) is 4.74. The Kier molecular flexibility index (Phi) is 4.55. The number of sulfonamides is 1. The molecular weight excluding hydrogens is 274 g/mol. The zero-order chi connectivity index (χ0) is 14.6. The Bertz CT molecular complexity index is 621. The number of nitriles is 1. The molecule has 1 aromatic carbocycles. The van der Waals surface area contributed by atoms with Crippen LogP contribution in [0.5, 0.6) is 0 Å². The van der Waals surface area contributed by atoms with Crippen LogP contribution in [0, 0.1) is 11.3 Å². The number of likely N-dealkylation sites (N-methyl/N-ethyl adjacent to an activating group) is 1. The van der Waals surface area contributed by atoms with E-state index in [1.807, 2.05) is 13.1 Å².